The van der Waals surface area contributed by atoms with Crippen molar-refractivity contribution >= 4 is 11.6 Å². The van der Waals surface area contributed by atoms with Gasteiger partial charge in [-0.25, -0.2) is 0 Å². The van der Waals surface area contributed by atoms with E-state index in [4.69, 9.17) is 9.47 Å². The molecule has 2 atom stereocenters. The number of ether oxygens (including phenoxy) is 2. The predicted octanol–water partition coefficient (Wildman–Crippen LogP) is 5.25. The highest BCUT2D eigenvalue weighted by atomic mass is 16.5. The van der Waals surface area contributed by atoms with Crippen LogP contribution in [0.3, 0.4) is 0 Å². The minimum absolute atomic E-state index is 0.0647. The van der Waals surface area contributed by atoms with Gasteiger partial charge in [-0.1, -0.05) is 74.5 Å². The summed E-state index contributed by atoms with van der Waals surface area (Å²) in [6.07, 6.45) is 5.24. The molecule has 2 heterocycles. The second-order valence-corrected chi connectivity index (χ2v) is 11.3. The molecule has 2 aromatic carbocycles. The fraction of sp³-hybridized carbons (Fsp3) is 0.486. The van der Waals surface area contributed by atoms with Crippen LogP contribution >= 0.6 is 0 Å². The minimum Gasteiger partial charge on any atom is -0.384 e. The number of aliphatic hydroxyl groups excluding tert-OH is 1. The van der Waals surface area contributed by atoms with Gasteiger partial charge in [0.25, 0.3) is 0 Å². The van der Waals surface area contributed by atoms with Crippen molar-refractivity contribution in [3.05, 3.63) is 96.1 Å². The number of hydrogen-bond acceptors (Lipinski definition) is 7. The molecule has 2 saturated heterocycles. The lowest BCUT2D eigenvalue weighted by Crippen LogP contribution is -2.57. The molecular weight excluding hydrogens is 528 g/mol. The molecule has 4 rings (SSSR count). The quantitative estimate of drug-likeness (QED) is 0.244. The van der Waals surface area contributed by atoms with E-state index in [-0.39, 0.29) is 11.6 Å². The Bertz CT molecular complexity index is 1120. The molecule has 0 saturated carbocycles. The van der Waals surface area contributed by atoms with Crippen molar-refractivity contribution in [2.45, 2.75) is 56.7 Å². The molecule has 7 heteroatoms. The Labute approximate surface area is 250 Å². The Kier molecular flexibility index (Phi) is 11.0. The fourth-order valence-corrected chi connectivity index (χ4v) is 6.61. The van der Waals surface area contributed by atoms with Crippen molar-refractivity contribution in [2.24, 2.45) is 0 Å². The molecule has 1 N–H and O–H groups in total. The number of benzene rings is 2. The molecule has 7 nitrogen and oxygen atoms in total. The number of Topliss-reactive ketones (excluding diaryl/α,β-unsaturated/α-hetero) is 2. The summed E-state index contributed by atoms with van der Waals surface area (Å²) in [7, 11) is 0. The van der Waals surface area contributed by atoms with Gasteiger partial charge in [0.2, 0.25) is 0 Å². The molecule has 0 aromatic heterocycles. The van der Waals surface area contributed by atoms with Gasteiger partial charge in [-0.2, -0.15) is 0 Å². The van der Waals surface area contributed by atoms with Crippen LogP contribution in [0.1, 0.15) is 77.5 Å². The average Bonchev–Trinajstić information content (AvgIpc) is 3.06. The van der Waals surface area contributed by atoms with Crippen molar-refractivity contribution in [1.82, 2.24) is 9.80 Å². The van der Waals surface area contributed by atoms with Crippen LogP contribution in [0.4, 0.5) is 0 Å². The van der Waals surface area contributed by atoms with Crippen LogP contribution < -0.4 is 0 Å². The standard InChI is InChI=1S/C35H46N2O5/c1-5-17-34(7-3,36-19-23-41-24-20-36)32(39)29-13-9-27(10-14-29)31(38)28-11-15-30(16-12-28)33(40)35(8-4,18-6-2)37-21-25-42-26-22-37/h5-6,9-16,31,38H,1-2,7-8,17-26H2,3-4H3. The molecule has 2 aliphatic heterocycles. The van der Waals surface area contributed by atoms with Gasteiger partial charge in [0.05, 0.1) is 37.5 Å². The third kappa shape index (κ3) is 6.36. The molecule has 0 bridgehead atoms. The topological polar surface area (TPSA) is 79.3 Å². The lowest BCUT2D eigenvalue weighted by Gasteiger charge is -2.43. The van der Waals surface area contributed by atoms with Gasteiger partial charge < -0.3 is 14.6 Å². The Morgan fingerprint density at radius 2 is 1.07 bits per heavy atom. The van der Waals surface area contributed by atoms with Crippen LogP contribution in [0.5, 0.6) is 0 Å². The summed E-state index contributed by atoms with van der Waals surface area (Å²) >= 11 is 0. The summed E-state index contributed by atoms with van der Waals surface area (Å²) in [5.41, 5.74) is 1.28. The van der Waals surface area contributed by atoms with Crippen LogP contribution in [0.15, 0.2) is 73.8 Å². The second kappa shape index (κ2) is 14.5. The van der Waals surface area contributed by atoms with E-state index >= 15 is 0 Å². The molecular formula is C35H46N2O5. The lowest BCUT2D eigenvalue weighted by atomic mass is 9.81. The van der Waals surface area contributed by atoms with E-state index in [0.717, 1.165) is 0 Å². The van der Waals surface area contributed by atoms with E-state index in [2.05, 4.69) is 23.0 Å². The van der Waals surface area contributed by atoms with Gasteiger partial charge in [-0.15, -0.1) is 13.2 Å². The van der Waals surface area contributed by atoms with Crippen LogP contribution in [0.25, 0.3) is 0 Å². The number of carbonyl (C=O) groups excluding carboxylic acids is 2. The molecule has 2 unspecified atom stereocenters. The van der Waals surface area contributed by atoms with Gasteiger partial charge in [-0.3, -0.25) is 19.4 Å². The molecule has 42 heavy (non-hydrogen) atoms. The summed E-state index contributed by atoms with van der Waals surface area (Å²) < 4.78 is 11.1. The molecule has 0 amide bonds. The van der Waals surface area contributed by atoms with Gasteiger partial charge in [-0.05, 0) is 36.8 Å². The molecule has 0 aliphatic carbocycles. The van der Waals surface area contributed by atoms with E-state index < -0.39 is 17.2 Å². The Morgan fingerprint density at radius 1 is 0.738 bits per heavy atom. The first-order chi connectivity index (χ1) is 20.4. The first kappa shape index (κ1) is 32.0. The number of nitrogens with zero attached hydrogens (tertiary/aromatic N) is 2. The SMILES string of the molecule is C=CCC(CC)(C(=O)c1ccc(C(O)c2ccc(C(=O)C(CC)(CC=C)N3CCOCC3)cc2)cc1)N1CCOCC1. The number of morpholine rings is 2. The summed E-state index contributed by atoms with van der Waals surface area (Å²) in [6, 6.07) is 14.5. The van der Waals surface area contributed by atoms with Crippen LogP contribution in [0, 0.1) is 0 Å². The van der Waals surface area contributed by atoms with Crippen LogP contribution in [0.2, 0.25) is 0 Å². The molecule has 2 aromatic rings. The van der Waals surface area contributed by atoms with E-state index in [1.54, 1.807) is 24.3 Å². The highest BCUT2D eigenvalue weighted by molar-refractivity contribution is 6.04. The predicted molar refractivity (Wildman–Crippen MR) is 166 cm³/mol. The highest BCUT2D eigenvalue weighted by Gasteiger charge is 2.43. The number of rotatable bonds is 14. The van der Waals surface area contributed by atoms with E-state index in [1.807, 2.05) is 50.3 Å². The summed E-state index contributed by atoms with van der Waals surface area (Å²) in [5.74, 6) is 0.129. The zero-order valence-corrected chi connectivity index (χ0v) is 25.2. The number of carbonyl (C=O) groups is 2. The third-order valence-corrected chi connectivity index (χ3v) is 9.19. The fourth-order valence-electron chi connectivity index (χ4n) is 6.61. The maximum Gasteiger partial charge on any atom is 0.183 e. The molecule has 2 fully saturated rings. The second-order valence-electron chi connectivity index (χ2n) is 11.3. The van der Waals surface area contributed by atoms with Crippen molar-refractivity contribution in [1.29, 1.82) is 0 Å². The molecule has 0 radical (unpaired) electrons. The van der Waals surface area contributed by atoms with Crippen molar-refractivity contribution in [3.8, 4) is 0 Å². The zero-order valence-electron chi connectivity index (χ0n) is 25.2. The van der Waals surface area contributed by atoms with Crippen molar-refractivity contribution < 1.29 is 24.2 Å². The lowest BCUT2D eigenvalue weighted by molar-refractivity contribution is -0.0156. The zero-order chi connectivity index (χ0) is 30.2. The van der Waals surface area contributed by atoms with Gasteiger partial charge >= 0.3 is 0 Å². The number of ketones is 2. The normalized spacial score (nSPS) is 20.2. The van der Waals surface area contributed by atoms with Gasteiger partial charge in [0, 0.05) is 37.3 Å². The largest absolute Gasteiger partial charge is 0.384 e. The van der Waals surface area contributed by atoms with Gasteiger partial charge in [0.15, 0.2) is 11.6 Å². The first-order valence-corrected chi connectivity index (χ1v) is 15.2. The smallest absolute Gasteiger partial charge is 0.183 e. The maximum absolute atomic E-state index is 13.9. The first-order valence-electron chi connectivity index (χ1n) is 15.2. The average molecular weight is 575 g/mol. The van der Waals surface area contributed by atoms with E-state index in [1.165, 1.54) is 0 Å². The van der Waals surface area contributed by atoms with Crippen molar-refractivity contribution in [2.75, 3.05) is 52.6 Å². The van der Waals surface area contributed by atoms with Gasteiger partial charge in [0.1, 0.15) is 6.10 Å². The third-order valence-electron chi connectivity index (χ3n) is 9.19. The maximum atomic E-state index is 13.9. The summed E-state index contributed by atoms with van der Waals surface area (Å²) in [6.45, 7) is 17.2. The number of aliphatic hydroxyl groups is 1. The Morgan fingerprint density at radius 3 is 1.36 bits per heavy atom. The monoisotopic (exact) mass is 574 g/mol. The molecule has 2 aliphatic rings. The summed E-state index contributed by atoms with van der Waals surface area (Å²) in [5, 5.41) is 11.2. The van der Waals surface area contributed by atoms with E-state index in [9.17, 15) is 14.7 Å². The Balaban J connectivity index is 1.52. The van der Waals surface area contributed by atoms with Crippen LogP contribution in [-0.4, -0.2) is 90.2 Å². The van der Waals surface area contributed by atoms with E-state index in [0.29, 0.717) is 101 Å². The summed E-state index contributed by atoms with van der Waals surface area (Å²) in [4.78, 5) is 32.2. The minimum atomic E-state index is -0.884. The number of hydrogen-bond donors (Lipinski definition) is 1. The highest BCUT2D eigenvalue weighted by Crippen LogP contribution is 2.33. The van der Waals surface area contributed by atoms with Crippen molar-refractivity contribution in [3.63, 3.8) is 0 Å². The van der Waals surface area contributed by atoms with Crippen LogP contribution in [-0.2, 0) is 9.47 Å². The Hall–Kier alpha value is -2.94. The molecule has 226 valence electrons. The molecule has 0 spiro atoms.